The second kappa shape index (κ2) is 11.7. The van der Waals surface area contributed by atoms with Crippen molar-refractivity contribution in [2.75, 3.05) is 26.2 Å². The minimum atomic E-state index is 0.0674. The van der Waals surface area contributed by atoms with Crippen LogP contribution in [0.25, 0.3) is 0 Å². The van der Waals surface area contributed by atoms with Crippen molar-refractivity contribution < 1.29 is 19.0 Å². The number of likely N-dealkylation sites (N-methyl/N-ethyl adjacent to an activating group) is 1. The van der Waals surface area contributed by atoms with Gasteiger partial charge in [-0.1, -0.05) is 26.0 Å². The third-order valence-electron chi connectivity index (χ3n) is 2.64. The Kier molecular flexibility index (Phi) is 11.5. The molecule has 0 aromatic rings. The van der Waals surface area contributed by atoms with Crippen molar-refractivity contribution in [2.45, 2.75) is 13.8 Å². The molecule has 0 unspecified atom stereocenters. The van der Waals surface area contributed by atoms with Gasteiger partial charge in [0.15, 0.2) is 5.78 Å². The molecule has 0 fully saturated rings. The van der Waals surface area contributed by atoms with Crippen LogP contribution < -0.4 is 5.32 Å². The van der Waals surface area contributed by atoms with Crippen molar-refractivity contribution in [1.82, 2.24) is 10.2 Å². The average Bonchev–Trinajstić information content (AvgIpc) is 2.43. The van der Waals surface area contributed by atoms with Crippen molar-refractivity contribution in [2.24, 2.45) is 0 Å². The summed E-state index contributed by atoms with van der Waals surface area (Å²) >= 11 is 6.50. The van der Waals surface area contributed by atoms with Crippen LogP contribution in [0.1, 0.15) is 13.8 Å². The molecule has 0 aromatic heterocycles. The van der Waals surface area contributed by atoms with Crippen LogP contribution in [-0.4, -0.2) is 36.9 Å². The SMILES string of the molecule is CCN(CC)CCNC=C1C=CC=CC1=O.[Cu+][Br]. The average molecular weight is 364 g/mol. The van der Waals surface area contributed by atoms with Gasteiger partial charge in [0.2, 0.25) is 0 Å². The summed E-state index contributed by atoms with van der Waals surface area (Å²) in [5.41, 5.74) is 0.724. The number of carbonyl (C=O) groups excluding carboxylic acids is 1. The van der Waals surface area contributed by atoms with Gasteiger partial charge in [-0.25, -0.2) is 0 Å². The first kappa shape index (κ1) is 17.6. The van der Waals surface area contributed by atoms with Crippen LogP contribution in [0.15, 0.2) is 36.1 Å². The molecule has 0 amide bonds. The van der Waals surface area contributed by atoms with Gasteiger partial charge >= 0.3 is 28.3 Å². The maximum absolute atomic E-state index is 11.4. The standard InChI is InChI=1S/C13H20N2O.BrH.Cu/c1-3-15(4-2)10-9-14-11-12-7-5-6-8-13(12)16;;/h5-8,11,14H,3-4,9-10H2,1-2H3;1H;/q;;+2/p-1. The number of halogens is 1. The van der Waals surface area contributed by atoms with E-state index >= 15 is 0 Å². The van der Waals surface area contributed by atoms with E-state index in [1.807, 2.05) is 12.2 Å². The molecule has 0 atom stereocenters. The van der Waals surface area contributed by atoms with Gasteiger partial charge < -0.3 is 10.2 Å². The van der Waals surface area contributed by atoms with Crippen LogP contribution in [0, 0.1) is 0 Å². The normalized spacial score (nSPS) is 15.9. The summed E-state index contributed by atoms with van der Waals surface area (Å²) in [5, 5.41) is 3.17. The molecule has 0 aromatic carbocycles. The summed E-state index contributed by atoms with van der Waals surface area (Å²) in [7, 11) is 0. The predicted octanol–water partition coefficient (Wildman–Crippen LogP) is 2.34. The zero-order valence-electron chi connectivity index (χ0n) is 10.8. The molecular formula is C13H20BrCuN2O+. The van der Waals surface area contributed by atoms with E-state index in [2.05, 4.69) is 52.4 Å². The van der Waals surface area contributed by atoms with Crippen molar-refractivity contribution in [3.05, 3.63) is 36.1 Å². The Balaban J connectivity index is 0.00000137. The fourth-order valence-electron chi connectivity index (χ4n) is 1.54. The molecule has 0 bridgehead atoms. The Bertz CT molecular complexity index is 323. The van der Waals surface area contributed by atoms with E-state index in [-0.39, 0.29) is 5.78 Å². The molecule has 0 radical (unpaired) electrons. The van der Waals surface area contributed by atoms with Crippen LogP contribution >= 0.6 is 14.1 Å². The van der Waals surface area contributed by atoms with Gasteiger partial charge in [-0.15, -0.1) is 0 Å². The first-order valence-corrected chi connectivity index (χ1v) is 8.27. The number of allylic oxidation sites excluding steroid dienone is 5. The molecule has 1 N–H and O–H groups in total. The number of carbonyl (C=O) groups is 1. The van der Waals surface area contributed by atoms with Crippen LogP contribution in [0.2, 0.25) is 0 Å². The molecule has 105 valence electrons. The molecular weight excluding hydrogens is 344 g/mol. The summed E-state index contributed by atoms with van der Waals surface area (Å²) in [6.45, 7) is 8.31. The topological polar surface area (TPSA) is 32.3 Å². The molecule has 18 heavy (non-hydrogen) atoms. The van der Waals surface area contributed by atoms with Crippen LogP contribution in [0.4, 0.5) is 0 Å². The Morgan fingerprint density at radius 1 is 1.28 bits per heavy atom. The van der Waals surface area contributed by atoms with Gasteiger partial charge in [-0.05, 0) is 25.2 Å². The number of hydrogen-bond donors (Lipinski definition) is 1. The van der Waals surface area contributed by atoms with Crippen molar-refractivity contribution in [1.29, 1.82) is 0 Å². The van der Waals surface area contributed by atoms with Crippen LogP contribution in [-0.2, 0) is 19.0 Å². The summed E-state index contributed by atoms with van der Waals surface area (Å²) in [4.78, 5) is 13.7. The number of nitrogens with one attached hydrogen (secondary N) is 1. The molecule has 0 heterocycles. The maximum atomic E-state index is 11.4. The van der Waals surface area contributed by atoms with Gasteiger partial charge in [-0.2, -0.15) is 0 Å². The molecule has 1 rings (SSSR count). The van der Waals surface area contributed by atoms with Gasteiger partial charge in [-0.3, -0.25) is 4.79 Å². The van der Waals surface area contributed by atoms with Crippen molar-refractivity contribution in [3.8, 4) is 0 Å². The summed E-state index contributed by atoms with van der Waals surface area (Å²) < 4.78 is 0. The number of ketones is 1. The molecule has 0 spiro atoms. The van der Waals surface area contributed by atoms with Gasteiger partial charge in [0.25, 0.3) is 0 Å². The minimum absolute atomic E-state index is 0.0674. The fraction of sp³-hybridized carbons (Fsp3) is 0.462. The van der Waals surface area contributed by atoms with E-state index in [1.54, 1.807) is 18.4 Å². The third kappa shape index (κ3) is 7.17. The summed E-state index contributed by atoms with van der Waals surface area (Å²) in [6.07, 6.45) is 8.84. The number of hydrogen-bond acceptors (Lipinski definition) is 3. The van der Waals surface area contributed by atoms with E-state index < -0.39 is 0 Å². The van der Waals surface area contributed by atoms with E-state index in [9.17, 15) is 4.79 Å². The first-order chi connectivity index (χ1) is 8.77. The molecule has 5 heteroatoms. The summed E-state index contributed by atoms with van der Waals surface area (Å²) in [5.74, 6) is 0.0674. The van der Waals surface area contributed by atoms with Gasteiger partial charge in [0.1, 0.15) is 0 Å². The Labute approximate surface area is 125 Å². The fourth-order valence-corrected chi connectivity index (χ4v) is 1.54. The second-order valence-electron chi connectivity index (χ2n) is 3.66. The van der Waals surface area contributed by atoms with E-state index in [0.29, 0.717) is 0 Å². The van der Waals surface area contributed by atoms with Gasteiger partial charge in [0, 0.05) is 24.9 Å². The third-order valence-corrected chi connectivity index (χ3v) is 2.64. The molecule has 0 saturated heterocycles. The van der Waals surface area contributed by atoms with Crippen molar-refractivity contribution >= 4 is 19.9 Å². The molecule has 0 aliphatic heterocycles. The van der Waals surface area contributed by atoms with E-state index in [4.69, 9.17) is 0 Å². The number of nitrogens with zero attached hydrogens (tertiary/aromatic N) is 1. The quantitative estimate of drug-likeness (QED) is 0.446. The summed E-state index contributed by atoms with van der Waals surface area (Å²) in [6, 6.07) is 0. The zero-order valence-corrected chi connectivity index (χ0v) is 13.3. The molecule has 1 aliphatic rings. The monoisotopic (exact) mass is 362 g/mol. The number of rotatable bonds is 6. The predicted molar refractivity (Wildman–Crippen MR) is 76.1 cm³/mol. The van der Waals surface area contributed by atoms with E-state index in [1.165, 1.54) is 0 Å². The molecule has 1 aliphatic carbocycles. The van der Waals surface area contributed by atoms with Gasteiger partial charge in [0.05, 0.1) is 0 Å². The second-order valence-corrected chi connectivity index (χ2v) is 3.66. The molecule has 3 nitrogen and oxygen atoms in total. The van der Waals surface area contributed by atoms with Crippen LogP contribution in [0.3, 0.4) is 0 Å². The Morgan fingerprint density at radius 3 is 2.44 bits per heavy atom. The van der Waals surface area contributed by atoms with Crippen LogP contribution in [0.5, 0.6) is 0 Å². The van der Waals surface area contributed by atoms with E-state index in [0.717, 1.165) is 31.8 Å². The first-order valence-electron chi connectivity index (χ1n) is 5.94. The Morgan fingerprint density at radius 2 is 1.89 bits per heavy atom. The van der Waals surface area contributed by atoms with Crippen molar-refractivity contribution in [3.63, 3.8) is 0 Å². The zero-order chi connectivity index (χ0) is 13.8. The molecule has 0 saturated carbocycles. The Hall–Kier alpha value is -0.351.